The van der Waals surface area contributed by atoms with Crippen LogP contribution in [0.5, 0.6) is 0 Å². The highest BCUT2D eigenvalue weighted by atomic mass is 16.5. The predicted octanol–water partition coefficient (Wildman–Crippen LogP) is 2.28. The van der Waals surface area contributed by atoms with Gasteiger partial charge in [0.05, 0.1) is 7.11 Å². The maximum Gasteiger partial charge on any atom is 0.322 e. The van der Waals surface area contributed by atoms with E-state index in [1.165, 1.54) is 7.11 Å². The first-order chi connectivity index (χ1) is 8.27. The first-order valence-electron chi connectivity index (χ1n) is 5.74. The molecule has 0 bridgehead atoms. The molecule has 0 amide bonds. The fraction of sp³-hybridized carbons (Fsp3) is 0.357. The number of allylic oxidation sites excluding steroid dienone is 1. The van der Waals surface area contributed by atoms with Crippen molar-refractivity contribution in [3.63, 3.8) is 0 Å². The molecule has 0 fully saturated rings. The average Bonchev–Trinajstić information content (AvgIpc) is 2.39. The molecule has 0 aliphatic rings. The molecule has 1 atom stereocenters. The summed E-state index contributed by atoms with van der Waals surface area (Å²) in [5, 5.41) is 3.20. The molecule has 1 aromatic carbocycles. The van der Waals surface area contributed by atoms with Crippen molar-refractivity contribution in [3.8, 4) is 0 Å². The van der Waals surface area contributed by atoms with Gasteiger partial charge < -0.3 is 10.1 Å². The molecule has 3 nitrogen and oxygen atoms in total. The minimum atomic E-state index is -0.266. The van der Waals surface area contributed by atoms with Crippen molar-refractivity contribution < 1.29 is 9.53 Å². The van der Waals surface area contributed by atoms with E-state index in [1.807, 2.05) is 30.3 Å². The number of carbonyl (C=O) groups excluding carboxylic acids is 1. The first-order valence-corrected chi connectivity index (χ1v) is 5.74. The lowest BCUT2D eigenvalue weighted by molar-refractivity contribution is -0.143. The molecular formula is C14H19NO2. The molecule has 3 heteroatoms. The Kier molecular flexibility index (Phi) is 6.04. The number of nitrogens with one attached hydrogen (secondary N) is 1. The van der Waals surface area contributed by atoms with E-state index in [0.717, 1.165) is 12.0 Å². The quantitative estimate of drug-likeness (QED) is 0.580. The van der Waals surface area contributed by atoms with Crippen LogP contribution in [0.1, 0.15) is 18.4 Å². The summed E-state index contributed by atoms with van der Waals surface area (Å²) in [7, 11) is 1.41. The zero-order valence-electron chi connectivity index (χ0n) is 10.2. The Morgan fingerprint density at radius 1 is 1.47 bits per heavy atom. The average molecular weight is 233 g/mol. The van der Waals surface area contributed by atoms with Gasteiger partial charge in [-0.1, -0.05) is 36.4 Å². The number of ether oxygens (including phenoxy) is 1. The van der Waals surface area contributed by atoms with Crippen molar-refractivity contribution in [1.29, 1.82) is 0 Å². The fourth-order valence-corrected chi connectivity index (χ4v) is 1.57. The summed E-state index contributed by atoms with van der Waals surface area (Å²) in [6, 6.07) is 9.71. The number of methoxy groups -OCH3 is 1. The second-order valence-electron chi connectivity index (χ2n) is 3.81. The number of hydrogen-bond acceptors (Lipinski definition) is 3. The monoisotopic (exact) mass is 233 g/mol. The van der Waals surface area contributed by atoms with Crippen molar-refractivity contribution in [1.82, 2.24) is 5.32 Å². The molecular weight excluding hydrogens is 214 g/mol. The zero-order valence-corrected chi connectivity index (χ0v) is 10.2. The zero-order chi connectivity index (χ0) is 12.5. The van der Waals surface area contributed by atoms with E-state index >= 15 is 0 Å². The van der Waals surface area contributed by atoms with Crippen LogP contribution >= 0.6 is 0 Å². The topological polar surface area (TPSA) is 38.3 Å². The third-order valence-corrected chi connectivity index (χ3v) is 2.54. The number of rotatable bonds is 7. The van der Waals surface area contributed by atoms with Crippen molar-refractivity contribution in [2.24, 2.45) is 0 Å². The van der Waals surface area contributed by atoms with Gasteiger partial charge in [-0.25, -0.2) is 0 Å². The molecule has 1 rings (SSSR count). The molecule has 0 saturated heterocycles. The van der Waals surface area contributed by atoms with E-state index in [2.05, 4.69) is 11.9 Å². The molecule has 17 heavy (non-hydrogen) atoms. The van der Waals surface area contributed by atoms with E-state index in [-0.39, 0.29) is 12.0 Å². The summed E-state index contributed by atoms with van der Waals surface area (Å²) in [6.07, 6.45) is 3.31. The van der Waals surface area contributed by atoms with Crippen LogP contribution < -0.4 is 5.32 Å². The van der Waals surface area contributed by atoms with Gasteiger partial charge in [0.25, 0.3) is 0 Å². The lowest BCUT2D eigenvalue weighted by atomic mass is 10.1. The standard InChI is InChI=1S/C14H19NO2/c1-3-4-10-13(14(16)17-2)15-11-12-8-6-5-7-9-12/h3,5-9,13,15H,1,4,10-11H2,2H3/t13-/m0/s1. The van der Waals surface area contributed by atoms with Crippen LogP contribution in [0.15, 0.2) is 43.0 Å². The molecule has 0 unspecified atom stereocenters. The minimum absolute atomic E-state index is 0.220. The minimum Gasteiger partial charge on any atom is -0.468 e. The molecule has 1 aromatic rings. The van der Waals surface area contributed by atoms with Crippen LogP contribution in [-0.2, 0) is 16.1 Å². The van der Waals surface area contributed by atoms with Gasteiger partial charge in [0.15, 0.2) is 0 Å². The highest BCUT2D eigenvalue weighted by Crippen LogP contribution is 2.03. The maximum absolute atomic E-state index is 11.5. The SMILES string of the molecule is C=CCC[C@H](NCc1ccccc1)C(=O)OC. The third kappa shape index (κ3) is 4.83. The van der Waals surface area contributed by atoms with Gasteiger partial charge in [-0.2, -0.15) is 0 Å². The summed E-state index contributed by atoms with van der Waals surface area (Å²) in [4.78, 5) is 11.5. The van der Waals surface area contributed by atoms with Crippen molar-refractivity contribution in [2.45, 2.75) is 25.4 Å². The Morgan fingerprint density at radius 3 is 2.76 bits per heavy atom. The number of carbonyl (C=O) groups is 1. The summed E-state index contributed by atoms with van der Waals surface area (Å²) < 4.78 is 4.76. The predicted molar refractivity (Wildman–Crippen MR) is 68.5 cm³/mol. The Labute approximate surface area is 102 Å². The second-order valence-corrected chi connectivity index (χ2v) is 3.81. The van der Waals surface area contributed by atoms with Gasteiger partial charge in [-0.3, -0.25) is 4.79 Å². The van der Waals surface area contributed by atoms with Crippen molar-refractivity contribution >= 4 is 5.97 Å². The van der Waals surface area contributed by atoms with E-state index in [4.69, 9.17) is 4.74 Å². The summed E-state index contributed by atoms with van der Waals surface area (Å²) in [5.41, 5.74) is 1.15. The van der Waals surface area contributed by atoms with Crippen LogP contribution in [0.25, 0.3) is 0 Å². The number of benzene rings is 1. The van der Waals surface area contributed by atoms with Crippen molar-refractivity contribution in [2.75, 3.05) is 7.11 Å². The van der Waals surface area contributed by atoms with Gasteiger partial charge in [0.2, 0.25) is 0 Å². The molecule has 0 radical (unpaired) electrons. The molecule has 0 spiro atoms. The molecule has 0 aliphatic heterocycles. The molecule has 92 valence electrons. The normalized spacial score (nSPS) is 11.8. The van der Waals surface area contributed by atoms with Crippen LogP contribution in [-0.4, -0.2) is 19.1 Å². The smallest absolute Gasteiger partial charge is 0.322 e. The van der Waals surface area contributed by atoms with Crippen LogP contribution in [0.3, 0.4) is 0 Å². The second kappa shape index (κ2) is 7.63. The number of hydrogen-bond donors (Lipinski definition) is 1. The molecule has 1 N–H and O–H groups in total. The summed E-state index contributed by atoms with van der Waals surface area (Å²) >= 11 is 0. The lowest BCUT2D eigenvalue weighted by Gasteiger charge is -2.15. The van der Waals surface area contributed by atoms with E-state index in [1.54, 1.807) is 6.08 Å². The third-order valence-electron chi connectivity index (χ3n) is 2.54. The van der Waals surface area contributed by atoms with E-state index in [0.29, 0.717) is 13.0 Å². The van der Waals surface area contributed by atoms with Crippen LogP contribution in [0.2, 0.25) is 0 Å². The summed E-state index contributed by atoms with van der Waals surface area (Å²) in [5.74, 6) is -0.220. The Balaban J connectivity index is 2.48. The van der Waals surface area contributed by atoms with E-state index in [9.17, 15) is 4.79 Å². The Morgan fingerprint density at radius 2 is 2.18 bits per heavy atom. The molecule has 0 saturated carbocycles. The van der Waals surface area contributed by atoms with Gasteiger partial charge in [0.1, 0.15) is 6.04 Å². The molecule has 0 aliphatic carbocycles. The summed E-state index contributed by atoms with van der Waals surface area (Å²) in [6.45, 7) is 4.32. The van der Waals surface area contributed by atoms with Crippen LogP contribution in [0.4, 0.5) is 0 Å². The lowest BCUT2D eigenvalue weighted by Crippen LogP contribution is -2.37. The van der Waals surface area contributed by atoms with Gasteiger partial charge in [-0.05, 0) is 18.4 Å². The Hall–Kier alpha value is -1.61. The van der Waals surface area contributed by atoms with Crippen molar-refractivity contribution in [3.05, 3.63) is 48.6 Å². The highest BCUT2D eigenvalue weighted by molar-refractivity contribution is 5.75. The number of esters is 1. The maximum atomic E-state index is 11.5. The largest absolute Gasteiger partial charge is 0.468 e. The van der Waals surface area contributed by atoms with E-state index < -0.39 is 0 Å². The first kappa shape index (κ1) is 13.5. The van der Waals surface area contributed by atoms with Gasteiger partial charge >= 0.3 is 5.97 Å². The molecule has 0 aromatic heterocycles. The highest BCUT2D eigenvalue weighted by Gasteiger charge is 2.17. The van der Waals surface area contributed by atoms with Gasteiger partial charge in [-0.15, -0.1) is 6.58 Å². The molecule has 0 heterocycles. The fourth-order valence-electron chi connectivity index (χ4n) is 1.57. The van der Waals surface area contributed by atoms with Gasteiger partial charge in [0, 0.05) is 6.54 Å². The van der Waals surface area contributed by atoms with Crippen LogP contribution in [0, 0.1) is 0 Å². The Bertz CT molecular complexity index is 348.